The lowest BCUT2D eigenvalue weighted by Crippen LogP contribution is -1.87. The van der Waals surface area contributed by atoms with Crippen LogP contribution in [-0.4, -0.2) is 0 Å². The average molecular weight is 239 g/mol. The van der Waals surface area contributed by atoms with Crippen molar-refractivity contribution in [3.05, 3.63) is 58.6 Å². The van der Waals surface area contributed by atoms with Gasteiger partial charge in [0.2, 0.25) is 0 Å². The van der Waals surface area contributed by atoms with Gasteiger partial charge in [0.1, 0.15) is 11.6 Å². The Labute approximate surface area is 97.5 Å². The third-order valence-corrected chi connectivity index (χ3v) is 2.66. The van der Waals surface area contributed by atoms with Crippen LogP contribution in [0.2, 0.25) is 5.02 Å². The molecule has 0 amide bonds. The van der Waals surface area contributed by atoms with Crippen molar-refractivity contribution < 1.29 is 8.78 Å². The Bertz CT molecular complexity index is 486. The molecule has 0 spiro atoms. The van der Waals surface area contributed by atoms with E-state index in [9.17, 15) is 8.78 Å². The molecule has 0 atom stereocenters. The fourth-order valence-corrected chi connectivity index (χ4v) is 1.82. The molecule has 0 nitrogen and oxygen atoms in total. The Morgan fingerprint density at radius 2 is 1.62 bits per heavy atom. The van der Waals surface area contributed by atoms with E-state index in [1.54, 1.807) is 19.1 Å². The highest BCUT2D eigenvalue weighted by Crippen LogP contribution is 2.30. The average Bonchev–Trinajstić information content (AvgIpc) is 2.19. The normalized spacial score (nSPS) is 10.5. The third kappa shape index (κ3) is 2.07. The first-order valence-corrected chi connectivity index (χ1v) is 5.17. The van der Waals surface area contributed by atoms with Crippen LogP contribution in [0.3, 0.4) is 0 Å². The van der Waals surface area contributed by atoms with Crippen molar-refractivity contribution in [2.75, 3.05) is 0 Å². The molecule has 0 aromatic heterocycles. The van der Waals surface area contributed by atoms with Crippen molar-refractivity contribution in [3.63, 3.8) is 0 Å². The van der Waals surface area contributed by atoms with E-state index in [1.807, 2.05) is 0 Å². The van der Waals surface area contributed by atoms with E-state index in [0.29, 0.717) is 11.1 Å². The lowest BCUT2D eigenvalue weighted by Gasteiger charge is -2.06. The molecule has 0 unspecified atom stereocenters. The van der Waals surface area contributed by atoms with Gasteiger partial charge in [-0.25, -0.2) is 8.78 Å². The van der Waals surface area contributed by atoms with Crippen molar-refractivity contribution in [2.24, 2.45) is 0 Å². The van der Waals surface area contributed by atoms with Crippen LogP contribution >= 0.6 is 11.6 Å². The summed E-state index contributed by atoms with van der Waals surface area (Å²) < 4.78 is 26.5. The van der Waals surface area contributed by atoms with Gasteiger partial charge in [-0.15, -0.1) is 0 Å². The second-order valence-electron chi connectivity index (χ2n) is 3.61. The van der Waals surface area contributed by atoms with Crippen LogP contribution < -0.4 is 0 Å². The second kappa shape index (κ2) is 4.22. The van der Waals surface area contributed by atoms with Gasteiger partial charge in [-0.2, -0.15) is 0 Å². The molecule has 2 aromatic carbocycles. The van der Waals surface area contributed by atoms with Gasteiger partial charge in [0.15, 0.2) is 0 Å². The van der Waals surface area contributed by atoms with Crippen LogP contribution in [0.1, 0.15) is 5.56 Å². The lowest BCUT2D eigenvalue weighted by atomic mass is 10.0. The van der Waals surface area contributed by atoms with Crippen LogP contribution in [0, 0.1) is 18.6 Å². The molecule has 0 aliphatic heterocycles. The number of benzene rings is 2. The quantitative estimate of drug-likeness (QED) is 0.682. The number of halogens is 3. The second-order valence-corrected chi connectivity index (χ2v) is 4.01. The smallest absolute Gasteiger partial charge is 0.131 e. The third-order valence-electron chi connectivity index (χ3n) is 2.35. The molecule has 0 aliphatic rings. The summed E-state index contributed by atoms with van der Waals surface area (Å²) in [5.74, 6) is -0.783. The summed E-state index contributed by atoms with van der Waals surface area (Å²) in [5.41, 5.74) is 1.72. The summed E-state index contributed by atoms with van der Waals surface area (Å²) in [7, 11) is 0. The molecule has 2 rings (SSSR count). The van der Waals surface area contributed by atoms with Gasteiger partial charge >= 0.3 is 0 Å². The number of rotatable bonds is 1. The van der Waals surface area contributed by atoms with E-state index < -0.39 is 5.82 Å². The Hall–Kier alpha value is -1.41. The maximum absolute atomic E-state index is 13.7. The van der Waals surface area contributed by atoms with Gasteiger partial charge in [-0.3, -0.25) is 0 Å². The fourth-order valence-electron chi connectivity index (χ4n) is 1.55. The minimum absolute atomic E-state index is 0.211. The minimum Gasteiger partial charge on any atom is -0.207 e. The number of aryl methyl sites for hydroxylation is 1. The molecular formula is C13H9ClF2. The van der Waals surface area contributed by atoms with E-state index in [4.69, 9.17) is 11.6 Å². The summed E-state index contributed by atoms with van der Waals surface area (Å²) in [6, 6.07) is 8.78. The number of hydrogen-bond donors (Lipinski definition) is 0. The van der Waals surface area contributed by atoms with Gasteiger partial charge in [0, 0.05) is 11.1 Å². The fraction of sp³-hybridized carbons (Fsp3) is 0.0769. The molecular weight excluding hydrogens is 230 g/mol. The zero-order valence-corrected chi connectivity index (χ0v) is 9.35. The van der Waals surface area contributed by atoms with E-state index in [-0.39, 0.29) is 10.8 Å². The highest BCUT2D eigenvalue weighted by atomic mass is 35.5. The SMILES string of the molecule is Cc1ccc(-c2ccc(F)cc2Cl)c(F)c1. The topological polar surface area (TPSA) is 0 Å². The Morgan fingerprint density at radius 1 is 0.938 bits per heavy atom. The Balaban J connectivity index is 2.59. The molecule has 82 valence electrons. The molecule has 0 bridgehead atoms. The van der Waals surface area contributed by atoms with Gasteiger partial charge in [0.25, 0.3) is 0 Å². The van der Waals surface area contributed by atoms with E-state index in [0.717, 1.165) is 5.56 Å². The zero-order chi connectivity index (χ0) is 11.7. The van der Waals surface area contributed by atoms with Crippen molar-refractivity contribution in [1.82, 2.24) is 0 Å². The highest BCUT2D eigenvalue weighted by Gasteiger charge is 2.09. The molecule has 0 radical (unpaired) electrons. The minimum atomic E-state index is -0.429. The van der Waals surface area contributed by atoms with Crippen LogP contribution in [0.5, 0.6) is 0 Å². The summed E-state index contributed by atoms with van der Waals surface area (Å²) in [6.07, 6.45) is 0. The maximum Gasteiger partial charge on any atom is 0.131 e. The lowest BCUT2D eigenvalue weighted by molar-refractivity contribution is 0.625. The Kier molecular flexibility index (Phi) is 2.92. The molecule has 16 heavy (non-hydrogen) atoms. The van der Waals surface area contributed by atoms with E-state index in [2.05, 4.69) is 0 Å². The molecule has 0 N–H and O–H groups in total. The maximum atomic E-state index is 13.7. The first-order chi connectivity index (χ1) is 7.58. The van der Waals surface area contributed by atoms with Gasteiger partial charge < -0.3 is 0 Å². The molecule has 0 heterocycles. The summed E-state index contributed by atoms with van der Waals surface area (Å²) in [4.78, 5) is 0. The van der Waals surface area contributed by atoms with Crippen molar-refractivity contribution in [2.45, 2.75) is 6.92 Å². The van der Waals surface area contributed by atoms with Crippen LogP contribution in [-0.2, 0) is 0 Å². The summed E-state index contributed by atoms with van der Waals surface area (Å²) in [6.45, 7) is 1.80. The first kappa shape index (κ1) is 11.1. The van der Waals surface area contributed by atoms with E-state index >= 15 is 0 Å². The van der Waals surface area contributed by atoms with Crippen LogP contribution in [0.4, 0.5) is 8.78 Å². The van der Waals surface area contributed by atoms with Gasteiger partial charge in [0.05, 0.1) is 5.02 Å². The van der Waals surface area contributed by atoms with Crippen LogP contribution in [0.25, 0.3) is 11.1 Å². The van der Waals surface area contributed by atoms with Crippen molar-refractivity contribution in [1.29, 1.82) is 0 Å². The van der Waals surface area contributed by atoms with Crippen molar-refractivity contribution >= 4 is 11.6 Å². The zero-order valence-electron chi connectivity index (χ0n) is 8.60. The predicted molar refractivity (Wildman–Crippen MR) is 61.5 cm³/mol. The van der Waals surface area contributed by atoms with E-state index in [1.165, 1.54) is 24.3 Å². The van der Waals surface area contributed by atoms with Gasteiger partial charge in [-0.05, 0) is 36.8 Å². The molecule has 0 saturated carbocycles. The highest BCUT2D eigenvalue weighted by molar-refractivity contribution is 6.33. The van der Waals surface area contributed by atoms with Gasteiger partial charge in [-0.1, -0.05) is 23.7 Å². The van der Waals surface area contributed by atoms with Crippen molar-refractivity contribution in [3.8, 4) is 11.1 Å². The summed E-state index contributed by atoms with van der Waals surface area (Å²) >= 11 is 5.87. The largest absolute Gasteiger partial charge is 0.207 e. The Morgan fingerprint density at radius 3 is 2.25 bits per heavy atom. The molecule has 2 aromatic rings. The van der Waals surface area contributed by atoms with Crippen LogP contribution in [0.15, 0.2) is 36.4 Å². The molecule has 3 heteroatoms. The molecule has 0 aliphatic carbocycles. The number of hydrogen-bond acceptors (Lipinski definition) is 0. The predicted octanol–water partition coefficient (Wildman–Crippen LogP) is 4.59. The monoisotopic (exact) mass is 238 g/mol. The standard InChI is InChI=1S/C13H9ClF2/c1-8-2-4-11(13(16)6-8)10-5-3-9(15)7-12(10)14/h2-7H,1H3. The molecule has 0 fully saturated rings. The molecule has 0 saturated heterocycles. The first-order valence-electron chi connectivity index (χ1n) is 4.79. The summed E-state index contributed by atoms with van der Waals surface area (Å²) in [5, 5.41) is 0.211.